The maximum Gasteiger partial charge on any atom is 0.324 e. The molecule has 1 aliphatic heterocycles. The van der Waals surface area contributed by atoms with E-state index in [1.807, 2.05) is 37.3 Å². The van der Waals surface area contributed by atoms with Crippen LogP contribution in [-0.2, 0) is 27.1 Å². The minimum absolute atomic E-state index is 0.258. The summed E-state index contributed by atoms with van der Waals surface area (Å²) < 4.78 is 12.0. The zero-order valence-corrected chi connectivity index (χ0v) is 21.9. The smallest absolute Gasteiger partial charge is 0.324 e. The first-order valence-electron chi connectivity index (χ1n) is 12.5. The fraction of sp³-hybridized carbons (Fsp3) is 0.407. The number of pyridine rings is 1. The zero-order chi connectivity index (χ0) is 24.5. The number of fused-ring (bicyclic) bond motifs is 5. The summed E-state index contributed by atoms with van der Waals surface area (Å²) in [5.74, 6) is 0.856. The van der Waals surface area contributed by atoms with Gasteiger partial charge in [0.1, 0.15) is 27.3 Å². The quantitative estimate of drug-likeness (QED) is 0.191. The molecule has 0 saturated carbocycles. The van der Waals surface area contributed by atoms with Crippen LogP contribution in [0.1, 0.15) is 41.7 Å². The first kappa shape index (κ1) is 23.6. The van der Waals surface area contributed by atoms with Gasteiger partial charge in [0.15, 0.2) is 0 Å². The molecule has 1 fully saturated rings. The van der Waals surface area contributed by atoms with Gasteiger partial charge in [0, 0.05) is 18.5 Å². The fourth-order valence-electron chi connectivity index (χ4n) is 5.15. The highest BCUT2D eigenvalue weighted by Crippen LogP contribution is 2.45. The minimum Gasteiger partial charge on any atom is -0.465 e. The number of benzene rings is 1. The topological polar surface area (TPSA) is 77.4 Å². The summed E-state index contributed by atoms with van der Waals surface area (Å²) in [6.07, 6.45) is 6.08. The summed E-state index contributed by atoms with van der Waals surface area (Å²) in [7, 11) is 0. The molecule has 4 aromatic rings. The molecule has 1 saturated heterocycles. The van der Waals surface area contributed by atoms with Crippen LogP contribution in [0.2, 0.25) is 0 Å². The van der Waals surface area contributed by atoms with Gasteiger partial charge in [-0.25, -0.2) is 15.0 Å². The molecule has 6 rings (SSSR count). The van der Waals surface area contributed by atoms with Gasteiger partial charge < -0.3 is 14.4 Å². The number of hydrogen-bond acceptors (Lipinski definition) is 9. The third-order valence-corrected chi connectivity index (χ3v) is 9.25. The highest BCUT2D eigenvalue weighted by Gasteiger charge is 2.29. The van der Waals surface area contributed by atoms with Gasteiger partial charge >= 0.3 is 5.97 Å². The molecule has 2 aliphatic rings. The van der Waals surface area contributed by atoms with Gasteiger partial charge in [-0.15, -0.1) is 11.3 Å². The van der Waals surface area contributed by atoms with E-state index in [0.29, 0.717) is 6.61 Å². The van der Waals surface area contributed by atoms with Crippen molar-refractivity contribution < 1.29 is 14.3 Å². The van der Waals surface area contributed by atoms with Gasteiger partial charge in [-0.2, -0.15) is 0 Å². The Morgan fingerprint density at radius 3 is 2.69 bits per heavy atom. The lowest BCUT2D eigenvalue weighted by Gasteiger charge is -2.31. The van der Waals surface area contributed by atoms with E-state index in [2.05, 4.69) is 9.88 Å². The van der Waals surface area contributed by atoms with Crippen molar-refractivity contribution in [1.82, 2.24) is 15.0 Å². The molecule has 36 heavy (non-hydrogen) atoms. The Kier molecular flexibility index (Phi) is 6.77. The van der Waals surface area contributed by atoms with Crippen molar-refractivity contribution in [3.8, 4) is 0 Å². The van der Waals surface area contributed by atoms with Crippen LogP contribution in [0, 0.1) is 0 Å². The van der Waals surface area contributed by atoms with Crippen molar-refractivity contribution in [3.05, 3.63) is 53.3 Å². The number of rotatable bonds is 6. The number of ether oxygens (including phenoxy) is 2. The molecule has 0 spiro atoms. The highest BCUT2D eigenvalue weighted by atomic mass is 32.2. The number of carbonyl (C=O) groups excluding carboxylic acids is 1. The molecule has 0 bridgehead atoms. The molecule has 0 N–H and O–H groups in total. The maximum absolute atomic E-state index is 13.0. The van der Waals surface area contributed by atoms with Crippen molar-refractivity contribution in [2.45, 2.75) is 42.9 Å². The second-order valence-corrected chi connectivity index (χ2v) is 11.1. The number of nitrogens with zero attached hydrogens (tertiary/aromatic N) is 4. The molecule has 186 valence electrons. The van der Waals surface area contributed by atoms with Crippen molar-refractivity contribution in [2.75, 3.05) is 37.8 Å². The highest BCUT2D eigenvalue weighted by molar-refractivity contribution is 8.00. The van der Waals surface area contributed by atoms with Gasteiger partial charge in [0.05, 0.1) is 30.0 Å². The van der Waals surface area contributed by atoms with Crippen LogP contribution in [0.4, 0.5) is 5.82 Å². The summed E-state index contributed by atoms with van der Waals surface area (Å²) in [5.41, 5.74) is 4.61. The SMILES string of the molecule is CCOC(=O)[C@@H](Sc1ncnc2c1sc1nc(N3CCOCC3)c3c(c12)CCCC3)c1ccccc1. The number of morpholine rings is 1. The molecule has 0 unspecified atom stereocenters. The lowest BCUT2D eigenvalue weighted by atomic mass is 9.90. The van der Waals surface area contributed by atoms with Crippen LogP contribution in [0.25, 0.3) is 20.4 Å². The van der Waals surface area contributed by atoms with E-state index in [0.717, 1.165) is 70.6 Å². The number of aryl methyl sites for hydroxylation is 1. The van der Waals surface area contributed by atoms with Crippen molar-refractivity contribution in [3.63, 3.8) is 0 Å². The number of aromatic nitrogens is 3. The standard InChI is InChI=1S/C27H28N4O3S2/c1-2-34-27(32)22(17-8-4-3-5-9-17)35-26-23-21(28-16-29-26)20-18-10-6-7-11-19(18)24(30-25(20)36-23)31-12-14-33-15-13-31/h3-5,8-9,16,22H,2,6-7,10-15H2,1H3/t22-/m0/s1. The molecule has 1 aliphatic carbocycles. The fourth-order valence-corrected chi connectivity index (χ4v) is 7.45. The van der Waals surface area contributed by atoms with Crippen molar-refractivity contribution in [2.24, 2.45) is 0 Å². The summed E-state index contributed by atoms with van der Waals surface area (Å²) >= 11 is 3.07. The van der Waals surface area contributed by atoms with E-state index in [4.69, 9.17) is 19.4 Å². The largest absolute Gasteiger partial charge is 0.465 e. The van der Waals surface area contributed by atoms with Gasteiger partial charge in [-0.05, 0) is 49.3 Å². The van der Waals surface area contributed by atoms with Crippen LogP contribution in [-0.4, -0.2) is 53.8 Å². The molecule has 0 radical (unpaired) electrons. The lowest BCUT2D eigenvalue weighted by molar-refractivity contribution is -0.142. The Bertz CT molecular complexity index is 1400. The van der Waals surface area contributed by atoms with Crippen LogP contribution in [0.5, 0.6) is 0 Å². The summed E-state index contributed by atoms with van der Waals surface area (Å²) in [5, 5.41) is 1.46. The third-order valence-electron chi connectivity index (χ3n) is 6.81. The van der Waals surface area contributed by atoms with E-state index >= 15 is 0 Å². The lowest BCUT2D eigenvalue weighted by Crippen LogP contribution is -2.37. The first-order valence-corrected chi connectivity index (χ1v) is 14.2. The van der Waals surface area contributed by atoms with Crippen molar-refractivity contribution in [1.29, 1.82) is 0 Å². The van der Waals surface area contributed by atoms with E-state index in [1.165, 1.54) is 41.1 Å². The zero-order valence-electron chi connectivity index (χ0n) is 20.2. The normalized spacial score (nSPS) is 16.8. The maximum atomic E-state index is 13.0. The van der Waals surface area contributed by atoms with E-state index in [-0.39, 0.29) is 5.97 Å². The average molecular weight is 521 g/mol. The van der Waals surface area contributed by atoms with E-state index in [9.17, 15) is 4.79 Å². The van der Waals surface area contributed by atoms with Crippen LogP contribution in [0.15, 0.2) is 41.7 Å². The third kappa shape index (κ3) is 4.33. The average Bonchev–Trinajstić information content (AvgIpc) is 3.32. The number of thioether (sulfide) groups is 1. The van der Waals surface area contributed by atoms with E-state index in [1.54, 1.807) is 17.7 Å². The molecule has 4 heterocycles. The summed E-state index contributed by atoms with van der Waals surface area (Å²) in [6.45, 7) is 5.39. The van der Waals surface area contributed by atoms with Crippen LogP contribution < -0.4 is 4.90 Å². The molecular weight excluding hydrogens is 492 g/mol. The van der Waals surface area contributed by atoms with E-state index < -0.39 is 5.25 Å². The summed E-state index contributed by atoms with van der Waals surface area (Å²) in [6, 6.07) is 9.77. The number of anilines is 1. The van der Waals surface area contributed by atoms with Gasteiger partial charge in [0.25, 0.3) is 0 Å². The number of esters is 1. The Balaban J connectivity index is 1.48. The van der Waals surface area contributed by atoms with Crippen LogP contribution in [0.3, 0.4) is 0 Å². The van der Waals surface area contributed by atoms with Gasteiger partial charge in [-0.3, -0.25) is 4.79 Å². The molecule has 9 heteroatoms. The molecule has 1 atom stereocenters. The molecule has 1 aromatic carbocycles. The first-order chi connectivity index (χ1) is 17.7. The molecule has 7 nitrogen and oxygen atoms in total. The second-order valence-electron chi connectivity index (χ2n) is 9.00. The van der Waals surface area contributed by atoms with Gasteiger partial charge in [-0.1, -0.05) is 42.1 Å². The Morgan fingerprint density at radius 1 is 1.14 bits per heavy atom. The second kappa shape index (κ2) is 10.3. The Hall–Kier alpha value is -2.75. The number of thiophene rings is 1. The Labute approximate surface area is 218 Å². The van der Waals surface area contributed by atoms with Crippen molar-refractivity contribution >= 4 is 55.3 Å². The molecule has 3 aromatic heterocycles. The molecule has 0 amide bonds. The monoisotopic (exact) mass is 520 g/mol. The number of hydrogen-bond donors (Lipinski definition) is 0. The van der Waals surface area contributed by atoms with Crippen LogP contribution >= 0.6 is 23.1 Å². The molecular formula is C27H28N4O3S2. The predicted octanol–water partition coefficient (Wildman–Crippen LogP) is 5.35. The number of carbonyl (C=O) groups is 1. The Morgan fingerprint density at radius 2 is 1.92 bits per heavy atom. The summed E-state index contributed by atoms with van der Waals surface area (Å²) in [4.78, 5) is 30.9. The minimum atomic E-state index is -0.500. The van der Waals surface area contributed by atoms with Gasteiger partial charge in [0.2, 0.25) is 0 Å². The predicted molar refractivity (Wildman–Crippen MR) is 144 cm³/mol.